The molecule has 0 heterocycles. The Morgan fingerprint density at radius 2 is 1.92 bits per heavy atom. The van der Waals surface area contributed by atoms with E-state index in [2.05, 4.69) is 19.2 Å². The minimum atomic E-state index is 0.00257. The molecule has 0 amide bonds. The first-order valence-corrected chi connectivity index (χ1v) is 5.12. The van der Waals surface area contributed by atoms with Crippen LogP contribution < -0.4 is 5.32 Å². The molecule has 2 nitrogen and oxygen atoms in total. The van der Waals surface area contributed by atoms with Crippen molar-refractivity contribution in [3.63, 3.8) is 0 Å². The molecule has 2 heteroatoms. The summed E-state index contributed by atoms with van der Waals surface area (Å²) in [5, 5.41) is 12.7. The van der Waals surface area contributed by atoms with Crippen molar-refractivity contribution in [1.29, 1.82) is 0 Å². The van der Waals surface area contributed by atoms with Crippen LogP contribution >= 0.6 is 0 Å². The first-order valence-electron chi connectivity index (χ1n) is 5.12. The molecule has 1 aliphatic rings. The van der Waals surface area contributed by atoms with Crippen molar-refractivity contribution < 1.29 is 5.11 Å². The van der Waals surface area contributed by atoms with Gasteiger partial charge in [0, 0.05) is 5.54 Å². The van der Waals surface area contributed by atoms with Crippen LogP contribution in [0.1, 0.15) is 39.5 Å². The van der Waals surface area contributed by atoms with Crippen molar-refractivity contribution >= 4 is 0 Å². The van der Waals surface area contributed by atoms with E-state index in [0.29, 0.717) is 0 Å². The van der Waals surface area contributed by atoms with Crippen LogP contribution in [-0.4, -0.2) is 23.8 Å². The van der Waals surface area contributed by atoms with E-state index in [1.165, 1.54) is 12.8 Å². The predicted octanol–water partition coefficient (Wildman–Crippen LogP) is 1.54. The van der Waals surface area contributed by atoms with E-state index in [4.69, 9.17) is 0 Å². The summed E-state index contributed by atoms with van der Waals surface area (Å²) < 4.78 is 0. The lowest BCUT2D eigenvalue weighted by Gasteiger charge is -2.31. The molecule has 0 aliphatic heterocycles. The number of nitrogens with one attached hydrogen (secondary N) is 1. The number of aliphatic hydroxyl groups excluding tert-OH is 1. The molecule has 72 valence electrons. The highest BCUT2D eigenvalue weighted by Crippen LogP contribution is 2.29. The van der Waals surface area contributed by atoms with Crippen molar-refractivity contribution in [1.82, 2.24) is 5.32 Å². The van der Waals surface area contributed by atoms with Gasteiger partial charge in [0.1, 0.15) is 0 Å². The van der Waals surface area contributed by atoms with Crippen molar-refractivity contribution in [3.05, 3.63) is 0 Å². The molecule has 1 aliphatic carbocycles. The fourth-order valence-corrected chi connectivity index (χ4v) is 1.46. The molecule has 1 fully saturated rings. The standard InChI is InChI=1S/C10H21NO/c1-3-10(4-2,8-12)11-7-9-5-6-9/h9,11-12H,3-8H2,1-2H3. The van der Waals surface area contributed by atoms with E-state index >= 15 is 0 Å². The first kappa shape index (κ1) is 10.0. The van der Waals surface area contributed by atoms with Crippen molar-refractivity contribution in [3.8, 4) is 0 Å². The van der Waals surface area contributed by atoms with Gasteiger partial charge in [0.05, 0.1) is 6.61 Å². The number of hydrogen-bond donors (Lipinski definition) is 2. The maximum Gasteiger partial charge on any atom is 0.0613 e. The van der Waals surface area contributed by atoms with Crippen molar-refractivity contribution in [2.45, 2.75) is 45.1 Å². The van der Waals surface area contributed by atoms with Crippen LogP contribution in [0.25, 0.3) is 0 Å². The Labute approximate surface area is 75.4 Å². The number of hydrogen-bond acceptors (Lipinski definition) is 2. The molecular formula is C10H21NO. The van der Waals surface area contributed by atoms with Gasteiger partial charge in [-0.3, -0.25) is 0 Å². The topological polar surface area (TPSA) is 32.3 Å². The minimum Gasteiger partial charge on any atom is -0.394 e. The van der Waals surface area contributed by atoms with Gasteiger partial charge in [0.2, 0.25) is 0 Å². The van der Waals surface area contributed by atoms with Crippen LogP contribution in [0.15, 0.2) is 0 Å². The molecule has 0 atom stereocenters. The third-order valence-electron chi connectivity index (χ3n) is 3.12. The zero-order valence-electron chi connectivity index (χ0n) is 8.27. The molecule has 1 rings (SSSR count). The van der Waals surface area contributed by atoms with E-state index in [1.54, 1.807) is 0 Å². The van der Waals surface area contributed by atoms with E-state index in [0.717, 1.165) is 25.3 Å². The Kier molecular flexibility index (Phi) is 3.53. The van der Waals surface area contributed by atoms with E-state index in [-0.39, 0.29) is 12.1 Å². The van der Waals surface area contributed by atoms with Crippen LogP contribution in [0.2, 0.25) is 0 Å². The van der Waals surface area contributed by atoms with E-state index in [9.17, 15) is 5.11 Å². The fourth-order valence-electron chi connectivity index (χ4n) is 1.46. The van der Waals surface area contributed by atoms with Gasteiger partial charge in [0.15, 0.2) is 0 Å². The molecule has 0 radical (unpaired) electrons. The average molecular weight is 171 g/mol. The van der Waals surface area contributed by atoms with Crippen LogP contribution in [0.4, 0.5) is 0 Å². The zero-order valence-corrected chi connectivity index (χ0v) is 8.27. The highest BCUT2D eigenvalue weighted by atomic mass is 16.3. The highest BCUT2D eigenvalue weighted by Gasteiger charge is 2.28. The largest absolute Gasteiger partial charge is 0.394 e. The lowest BCUT2D eigenvalue weighted by Crippen LogP contribution is -2.48. The van der Waals surface area contributed by atoms with Crippen LogP contribution in [0.5, 0.6) is 0 Å². The second-order valence-corrected chi connectivity index (χ2v) is 3.97. The molecule has 0 aromatic rings. The van der Waals surface area contributed by atoms with E-state index in [1.807, 2.05) is 0 Å². The van der Waals surface area contributed by atoms with Crippen molar-refractivity contribution in [2.75, 3.05) is 13.2 Å². The van der Waals surface area contributed by atoms with Gasteiger partial charge in [-0.25, -0.2) is 0 Å². The molecule has 0 saturated heterocycles. The number of aliphatic hydroxyl groups is 1. The summed E-state index contributed by atoms with van der Waals surface area (Å²) >= 11 is 0. The molecule has 0 unspecified atom stereocenters. The van der Waals surface area contributed by atoms with Gasteiger partial charge in [-0.2, -0.15) is 0 Å². The molecule has 0 spiro atoms. The lowest BCUT2D eigenvalue weighted by atomic mass is 9.94. The summed E-state index contributed by atoms with van der Waals surface area (Å²) in [5.41, 5.74) is 0.00257. The highest BCUT2D eigenvalue weighted by molar-refractivity contribution is 4.87. The Bertz CT molecular complexity index is 120. The van der Waals surface area contributed by atoms with Crippen molar-refractivity contribution in [2.24, 2.45) is 5.92 Å². The second-order valence-electron chi connectivity index (χ2n) is 3.97. The molecule has 0 bridgehead atoms. The fraction of sp³-hybridized carbons (Fsp3) is 1.00. The summed E-state index contributed by atoms with van der Waals surface area (Å²) in [5.74, 6) is 0.897. The van der Waals surface area contributed by atoms with Gasteiger partial charge >= 0.3 is 0 Å². The quantitative estimate of drug-likeness (QED) is 0.635. The average Bonchev–Trinajstić information content (AvgIpc) is 2.92. The van der Waals surface area contributed by atoms with Crippen LogP contribution in [0, 0.1) is 5.92 Å². The summed E-state index contributed by atoms with van der Waals surface area (Å²) in [4.78, 5) is 0. The third-order valence-corrected chi connectivity index (χ3v) is 3.12. The molecular weight excluding hydrogens is 150 g/mol. The van der Waals surface area contributed by atoms with Gasteiger partial charge < -0.3 is 10.4 Å². The van der Waals surface area contributed by atoms with Gasteiger partial charge in [-0.15, -0.1) is 0 Å². The Morgan fingerprint density at radius 1 is 1.33 bits per heavy atom. The summed E-state index contributed by atoms with van der Waals surface area (Å²) in [6.07, 6.45) is 4.79. The third kappa shape index (κ3) is 2.46. The van der Waals surface area contributed by atoms with Gasteiger partial charge in [0.25, 0.3) is 0 Å². The van der Waals surface area contributed by atoms with Crippen LogP contribution in [0.3, 0.4) is 0 Å². The minimum absolute atomic E-state index is 0.00257. The molecule has 0 aromatic heterocycles. The van der Waals surface area contributed by atoms with E-state index < -0.39 is 0 Å². The lowest BCUT2D eigenvalue weighted by molar-refractivity contribution is 0.150. The predicted molar refractivity (Wildman–Crippen MR) is 51.1 cm³/mol. The summed E-state index contributed by atoms with van der Waals surface area (Å²) in [6.45, 7) is 5.65. The Hall–Kier alpha value is -0.0800. The Balaban J connectivity index is 2.28. The maximum atomic E-state index is 9.25. The molecule has 2 N–H and O–H groups in total. The Morgan fingerprint density at radius 3 is 2.25 bits per heavy atom. The second kappa shape index (κ2) is 4.24. The van der Waals surface area contributed by atoms with Crippen LogP contribution in [-0.2, 0) is 0 Å². The van der Waals surface area contributed by atoms with Gasteiger partial charge in [-0.1, -0.05) is 13.8 Å². The summed E-state index contributed by atoms with van der Waals surface area (Å²) in [7, 11) is 0. The molecule has 12 heavy (non-hydrogen) atoms. The SMILES string of the molecule is CCC(CC)(CO)NCC1CC1. The molecule has 1 saturated carbocycles. The van der Waals surface area contributed by atoms with Gasteiger partial charge in [-0.05, 0) is 38.1 Å². The maximum absolute atomic E-state index is 9.25. The normalized spacial score (nSPS) is 18.2. The number of rotatable bonds is 6. The smallest absolute Gasteiger partial charge is 0.0613 e. The zero-order chi connectivity index (χ0) is 9.03. The summed E-state index contributed by atoms with van der Waals surface area (Å²) in [6, 6.07) is 0. The first-order chi connectivity index (χ1) is 5.76. The molecule has 0 aromatic carbocycles. The monoisotopic (exact) mass is 171 g/mol.